The molecule has 0 radical (unpaired) electrons. The number of hydrogen-bond acceptors (Lipinski definition) is 3. The lowest BCUT2D eigenvalue weighted by molar-refractivity contribution is 1.18. The van der Waals surface area contributed by atoms with Crippen LogP contribution in [0.1, 0.15) is 16.7 Å². The van der Waals surface area contributed by atoms with E-state index in [0.29, 0.717) is 10.7 Å². The molecule has 1 heterocycles. The van der Waals surface area contributed by atoms with Gasteiger partial charge in [-0.3, -0.25) is 0 Å². The number of hydrogen-bond donors (Lipinski definition) is 1. The highest BCUT2D eigenvalue weighted by molar-refractivity contribution is 6.42. The van der Waals surface area contributed by atoms with Gasteiger partial charge in [-0.05, 0) is 31.9 Å². The molecule has 2 N–H and O–H groups in total. The van der Waals surface area contributed by atoms with Gasteiger partial charge >= 0.3 is 0 Å². The summed E-state index contributed by atoms with van der Waals surface area (Å²) in [5.41, 5.74) is 10.5. The lowest BCUT2D eigenvalue weighted by Gasteiger charge is -2.13. The molecule has 0 saturated carbocycles. The van der Waals surface area contributed by atoms with E-state index in [-0.39, 0.29) is 11.1 Å². The maximum Gasteiger partial charge on any atom is 0.222 e. The first-order valence-electron chi connectivity index (χ1n) is 5.47. The molecule has 1 aromatic carbocycles. The van der Waals surface area contributed by atoms with Gasteiger partial charge in [-0.25, -0.2) is 4.98 Å². The summed E-state index contributed by atoms with van der Waals surface area (Å²) in [5.74, 6) is 0.124. The van der Waals surface area contributed by atoms with Crippen LogP contribution in [0.2, 0.25) is 10.2 Å². The first-order chi connectivity index (χ1) is 8.40. The van der Waals surface area contributed by atoms with Crippen molar-refractivity contribution in [3.63, 3.8) is 0 Å². The Morgan fingerprint density at radius 3 is 2.11 bits per heavy atom. The molecule has 0 aliphatic carbocycles. The Balaban J connectivity index is 2.77. The summed E-state index contributed by atoms with van der Waals surface area (Å²) in [7, 11) is 0. The number of nitrogens with two attached hydrogens (primary N) is 1. The highest BCUT2D eigenvalue weighted by Gasteiger charge is 2.16. The Kier molecular flexibility index (Phi) is 3.46. The van der Waals surface area contributed by atoms with Crippen LogP contribution in [0.3, 0.4) is 0 Å². The van der Waals surface area contributed by atoms with Crippen molar-refractivity contribution in [2.24, 2.45) is 0 Å². The fourth-order valence-corrected chi connectivity index (χ4v) is 2.51. The Bertz CT molecular complexity index is 601. The minimum atomic E-state index is 0.124. The second-order valence-corrected chi connectivity index (χ2v) is 5.04. The van der Waals surface area contributed by atoms with Crippen molar-refractivity contribution in [2.75, 3.05) is 5.73 Å². The highest BCUT2D eigenvalue weighted by Crippen LogP contribution is 2.35. The molecule has 2 rings (SSSR count). The average Bonchev–Trinajstić information content (AvgIpc) is 2.23. The van der Waals surface area contributed by atoms with Crippen LogP contribution < -0.4 is 5.73 Å². The van der Waals surface area contributed by atoms with Gasteiger partial charge in [0.1, 0.15) is 5.02 Å². The van der Waals surface area contributed by atoms with Gasteiger partial charge in [0.25, 0.3) is 0 Å². The van der Waals surface area contributed by atoms with E-state index in [0.717, 1.165) is 16.7 Å². The number of aryl methyl sites for hydroxylation is 3. The molecule has 0 spiro atoms. The number of rotatable bonds is 1. The number of nitrogens with zero attached hydrogens (tertiary/aromatic N) is 2. The van der Waals surface area contributed by atoms with E-state index in [9.17, 15) is 0 Å². The van der Waals surface area contributed by atoms with Crippen LogP contribution in [0.5, 0.6) is 0 Å². The van der Waals surface area contributed by atoms with Gasteiger partial charge in [-0.1, -0.05) is 40.9 Å². The zero-order valence-electron chi connectivity index (χ0n) is 10.4. The molecule has 5 heteroatoms. The molecule has 0 fully saturated rings. The minimum Gasteiger partial charge on any atom is -0.368 e. The molecule has 0 unspecified atom stereocenters. The minimum absolute atomic E-state index is 0.124. The van der Waals surface area contributed by atoms with E-state index in [1.54, 1.807) is 0 Å². The van der Waals surface area contributed by atoms with Gasteiger partial charge in [0, 0.05) is 5.56 Å². The molecular formula is C13H13Cl2N3. The van der Waals surface area contributed by atoms with E-state index < -0.39 is 0 Å². The predicted molar refractivity (Wildman–Crippen MR) is 76.1 cm³/mol. The molecule has 3 nitrogen and oxygen atoms in total. The van der Waals surface area contributed by atoms with Crippen molar-refractivity contribution in [1.29, 1.82) is 0 Å². The molecule has 0 aliphatic rings. The lowest BCUT2D eigenvalue weighted by Crippen LogP contribution is -2.00. The first-order valence-corrected chi connectivity index (χ1v) is 6.22. The molecule has 0 bridgehead atoms. The van der Waals surface area contributed by atoms with Crippen molar-refractivity contribution in [3.05, 3.63) is 39.0 Å². The quantitative estimate of drug-likeness (QED) is 0.805. The van der Waals surface area contributed by atoms with Crippen LogP contribution in [0.15, 0.2) is 12.1 Å². The number of anilines is 1. The highest BCUT2D eigenvalue weighted by atomic mass is 35.5. The number of benzene rings is 1. The summed E-state index contributed by atoms with van der Waals surface area (Å²) < 4.78 is 0. The van der Waals surface area contributed by atoms with Gasteiger partial charge in [0.15, 0.2) is 5.15 Å². The number of halogens is 2. The third-order valence-electron chi connectivity index (χ3n) is 2.74. The first kappa shape index (κ1) is 13.1. The average molecular weight is 282 g/mol. The van der Waals surface area contributed by atoms with Crippen LogP contribution in [-0.2, 0) is 0 Å². The summed E-state index contributed by atoms with van der Waals surface area (Å²) in [6, 6.07) is 4.15. The Hall–Kier alpha value is -1.32. The van der Waals surface area contributed by atoms with Crippen molar-refractivity contribution in [1.82, 2.24) is 9.97 Å². The number of nitrogen functional groups attached to an aromatic ring is 1. The Morgan fingerprint density at radius 2 is 1.56 bits per heavy atom. The molecule has 0 atom stereocenters. The second-order valence-electron chi connectivity index (χ2n) is 4.31. The van der Waals surface area contributed by atoms with Crippen LogP contribution >= 0.6 is 23.2 Å². The van der Waals surface area contributed by atoms with Crippen LogP contribution in [0.25, 0.3) is 11.3 Å². The summed E-state index contributed by atoms with van der Waals surface area (Å²) >= 11 is 12.1. The van der Waals surface area contributed by atoms with Gasteiger partial charge < -0.3 is 5.73 Å². The lowest BCUT2D eigenvalue weighted by atomic mass is 9.97. The van der Waals surface area contributed by atoms with E-state index in [1.807, 2.05) is 20.8 Å². The molecule has 0 amide bonds. The van der Waals surface area contributed by atoms with Crippen molar-refractivity contribution < 1.29 is 0 Å². The maximum absolute atomic E-state index is 6.17. The third kappa shape index (κ3) is 2.28. The summed E-state index contributed by atoms with van der Waals surface area (Å²) in [5, 5.41) is 0.513. The van der Waals surface area contributed by atoms with Gasteiger partial charge in [0.05, 0.1) is 5.69 Å². The number of aromatic nitrogens is 2. The van der Waals surface area contributed by atoms with Crippen molar-refractivity contribution in [3.8, 4) is 11.3 Å². The van der Waals surface area contributed by atoms with E-state index >= 15 is 0 Å². The summed E-state index contributed by atoms with van der Waals surface area (Å²) in [4.78, 5) is 8.04. The van der Waals surface area contributed by atoms with E-state index in [1.165, 1.54) is 5.56 Å². The maximum atomic E-state index is 6.17. The smallest absolute Gasteiger partial charge is 0.222 e. The monoisotopic (exact) mass is 281 g/mol. The van der Waals surface area contributed by atoms with E-state index in [2.05, 4.69) is 22.1 Å². The summed E-state index contributed by atoms with van der Waals surface area (Å²) in [6.45, 7) is 6.07. The summed E-state index contributed by atoms with van der Waals surface area (Å²) in [6.07, 6.45) is 0. The topological polar surface area (TPSA) is 51.8 Å². The van der Waals surface area contributed by atoms with Crippen molar-refractivity contribution >= 4 is 29.2 Å². The molecule has 94 valence electrons. The normalized spacial score (nSPS) is 10.7. The Morgan fingerprint density at radius 1 is 1.00 bits per heavy atom. The van der Waals surface area contributed by atoms with Crippen LogP contribution in [0, 0.1) is 20.8 Å². The van der Waals surface area contributed by atoms with Gasteiger partial charge in [-0.15, -0.1) is 0 Å². The predicted octanol–water partition coefficient (Wildman–Crippen LogP) is 3.96. The fraction of sp³-hybridized carbons (Fsp3) is 0.231. The largest absolute Gasteiger partial charge is 0.368 e. The fourth-order valence-electron chi connectivity index (χ4n) is 2.16. The molecule has 0 aliphatic heterocycles. The molecule has 0 saturated heterocycles. The zero-order valence-corrected chi connectivity index (χ0v) is 11.9. The van der Waals surface area contributed by atoms with E-state index in [4.69, 9.17) is 28.9 Å². The second kappa shape index (κ2) is 4.75. The van der Waals surface area contributed by atoms with Gasteiger partial charge in [0.2, 0.25) is 5.95 Å². The molecule has 1 aromatic heterocycles. The van der Waals surface area contributed by atoms with Crippen LogP contribution in [0.4, 0.5) is 5.95 Å². The SMILES string of the molecule is Cc1cc(C)c(-c2nc(N)nc(Cl)c2Cl)c(C)c1. The molecule has 18 heavy (non-hydrogen) atoms. The molecular weight excluding hydrogens is 269 g/mol. The van der Waals surface area contributed by atoms with Crippen molar-refractivity contribution in [2.45, 2.75) is 20.8 Å². The zero-order chi connectivity index (χ0) is 13.4. The Labute approximate surface area is 116 Å². The van der Waals surface area contributed by atoms with Gasteiger partial charge in [-0.2, -0.15) is 4.98 Å². The standard InChI is InChI=1S/C13H13Cl2N3/c1-6-4-7(2)9(8(3)5-6)11-10(14)12(15)18-13(16)17-11/h4-5H,1-3H3,(H2,16,17,18). The molecule has 2 aromatic rings. The third-order valence-corrected chi connectivity index (χ3v) is 3.47. The van der Waals surface area contributed by atoms with Crippen LogP contribution in [-0.4, -0.2) is 9.97 Å².